The molecule has 1 amide bonds. The molecule has 1 saturated heterocycles. The third-order valence-electron chi connectivity index (χ3n) is 5.32. The molecule has 1 aliphatic heterocycles. The molecule has 0 aliphatic carbocycles. The second-order valence-electron chi connectivity index (χ2n) is 7.77. The molecule has 0 bridgehead atoms. The fourth-order valence-electron chi connectivity index (χ4n) is 3.56. The van der Waals surface area contributed by atoms with Crippen LogP contribution in [0, 0.1) is 11.3 Å². The van der Waals surface area contributed by atoms with Gasteiger partial charge in [-0.2, -0.15) is 0 Å². The van der Waals surface area contributed by atoms with Crippen molar-refractivity contribution in [3.05, 3.63) is 29.8 Å². The number of ether oxygens (including phenoxy) is 1. The second-order valence-corrected chi connectivity index (χ2v) is 7.77. The van der Waals surface area contributed by atoms with E-state index in [2.05, 4.69) is 0 Å². The average Bonchev–Trinajstić information content (AvgIpc) is 2.62. The minimum absolute atomic E-state index is 0.0616. The Morgan fingerprint density at radius 1 is 1.30 bits per heavy atom. The summed E-state index contributed by atoms with van der Waals surface area (Å²) >= 11 is 0. The van der Waals surface area contributed by atoms with Crippen LogP contribution in [0.15, 0.2) is 24.3 Å². The zero-order valence-corrected chi connectivity index (χ0v) is 16.5. The van der Waals surface area contributed by atoms with Crippen LogP contribution < -0.4 is 4.74 Å². The SMILES string of the molecule is CCOc1ccc(CC(=O)N2CC[C@@H](O)[C@](CCC(C)C)(C(=O)O)C2)cc1. The van der Waals surface area contributed by atoms with Crippen LogP contribution in [0.25, 0.3) is 0 Å². The Bertz CT molecular complexity index is 642. The first-order valence-electron chi connectivity index (χ1n) is 9.69. The smallest absolute Gasteiger partial charge is 0.314 e. The number of carbonyl (C=O) groups excluding carboxylic acids is 1. The highest BCUT2D eigenvalue weighted by atomic mass is 16.5. The number of hydrogen-bond donors (Lipinski definition) is 2. The molecule has 150 valence electrons. The van der Waals surface area contributed by atoms with Crippen LogP contribution in [-0.4, -0.2) is 52.8 Å². The number of carboxylic acid groups (broad SMARTS) is 1. The Morgan fingerprint density at radius 3 is 2.52 bits per heavy atom. The van der Waals surface area contributed by atoms with E-state index >= 15 is 0 Å². The van der Waals surface area contributed by atoms with Crippen LogP contribution in [0.3, 0.4) is 0 Å². The molecular formula is C21H31NO5. The Kier molecular flexibility index (Phi) is 7.25. The van der Waals surface area contributed by atoms with E-state index in [9.17, 15) is 19.8 Å². The number of nitrogens with zero attached hydrogens (tertiary/aromatic N) is 1. The number of piperidine rings is 1. The van der Waals surface area contributed by atoms with Gasteiger partial charge < -0.3 is 19.8 Å². The van der Waals surface area contributed by atoms with Gasteiger partial charge in [-0.3, -0.25) is 9.59 Å². The maximum Gasteiger partial charge on any atom is 0.314 e. The predicted octanol–water partition coefficient (Wildman–Crippen LogP) is 2.73. The van der Waals surface area contributed by atoms with Crippen LogP contribution in [0.4, 0.5) is 0 Å². The van der Waals surface area contributed by atoms with E-state index in [0.29, 0.717) is 38.3 Å². The first-order chi connectivity index (χ1) is 12.8. The van der Waals surface area contributed by atoms with Gasteiger partial charge in [0.2, 0.25) is 5.91 Å². The lowest BCUT2D eigenvalue weighted by atomic mass is 9.72. The van der Waals surface area contributed by atoms with E-state index in [1.54, 1.807) is 4.90 Å². The molecular weight excluding hydrogens is 346 g/mol. The van der Waals surface area contributed by atoms with Crippen molar-refractivity contribution in [1.29, 1.82) is 0 Å². The summed E-state index contributed by atoms with van der Waals surface area (Å²) in [7, 11) is 0. The summed E-state index contributed by atoms with van der Waals surface area (Å²) in [4.78, 5) is 26.4. The maximum atomic E-state index is 12.8. The summed E-state index contributed by atoms with van der Waals surface area (Å²) in [6, 6.07) is 7.36. The average molecular weight is 377 g/mol. The van der Waals surface area contributed by atoms with Gasteiger partial charge >= 0.3 is 5.97 Å². The Hall–Kier alpha value is -2.08. The van der Waals surface area contributed by atoms with Gasteiger partial charge in [0, 0.05) is 13.1 Å². The number of carboxylic acids is 1. The van der Waals surface area contributed by atoms with Crippen molar-refractivity contribution in [3.63, 3.8) is 0 Å². The van der Waals surface area contributed by atoms with Gasteiger partial charge in [0.1, 0.15) is 11.2 Å². The first kappa shape index (κ1) is 21.2. The number of benzene rings is 1. The van der Waals surface area contributed by atoms with Crippen molar-refractivity contribution in [2.45, 2.75) is 52.6 Å². The molecule has 1 aliphatic rings. The molecule has 0 spiro atoms. The van der Waals surface area contributed by atoms with E-state index in [0.717, 1.165) is 11.3 Å². The lowest BCUT2D eigenvalue weighted by molar-refractivity contribution is -0.167. The number of aliphatic carboxylic acids is 1. The largest absolute Gasteiger partial charge is 0.494 e. The fraction of sp³-hybridized carbons (Fsp3) is 0.619. The molecule has 0 aromatic heterocycles. The standard InChI is InChI=1S/C21H31NO5/c1-4-27-17-7-5-16(6-8-17)13-19(24)22-12-10-18(23)21(14-22,20(25)26)11-9-15(2)3/h5-8,15,18,23H,4,9-14H2,1-3H3,(H,25,26)/t18-,21-/m1/s1. The van der Waals surface area contributed by atoms with Crippen LogP contribution in [0.1, 0.15) is 45.6 Å². The monoisotopic (exact) mass is 377 g/mol. The number of amides is 1. The van der Waals surface area contributed by atoms with E-state index in [1.807, 2.05) is 45.0 Å². The predicted molar refractivity (Wildman–Crippen MR) is 103 cm³/mol. The van der Waals surface area contributed by atoms with E-state index < -0.39 is 17.5 Å². The molecule has 6 nitrogen and oxygen atoms in total. The zero-order valence-electron chi connectivity index (χ0n) is 16.5. The third kappa shape index (κ3) is 5.22. The quantitative estimate of drug-likeness (QED) is 0.727. The molecule has 1 heterocycles. The summed E-state index contributed by atoms with van der Waals surface area (Å²) in [5.41, 5.74) is -0.422. The Labute approximate surface area is 161 Å². The summed E-state index contributed by atoms with van der Waals surface area (Å²) in [5.74, 6) is -0.0350. The molecule has 1 aromatic carbocycles. The van der Waals surface area contributed by atoms with Crippen LogP contribution in [-0.2, 0) is 16.0 Å². The third-order valence-corrected chi connectivity index (χ3v) is 5.32. The first-order valence-corrected chi connectivity index (χ1v) is 9.69. The number of likely N-dealkylation sites (tertiary alicyclic amines) is 1. The molecule has 0 radical (unpaired) electrons. The summed E-state index contributed by atoms with van der Waals surface area (Å²) in [6.07, 6.45) is 0.642. The summed E-state index contributed by atoms with van der Waals surface area (Å²) in [5, 5.41) is 20.3. The van der Waals surface area contributed by atoms with Gasteiger partial charge in [0.15, 0.2) is 0 Å². The topological polar surface area (TPSA) is 87.1 Å². The van der Waals surface area contributed by atoms with Gasteiger partial charge in [-0.15, -0.1) is 0 Å². The number of aliphatic hydroxyl groups excluding tert-OH is 1. The Balaban J connectivity index is 2.08. The zero-order chi connectivity index (χ0) is 20.0. The maximum absolute atomic E-state index is 12.8. The molecule has 27 heavy (non-hydrogen) atoms. The number of carbonyl (C=O) groups is 2. The molecule has 6 heteroatoms. The van der Waals surface area contributed by atoms with Crippen molar-refractivity contribution >= 4 is 11.9 Å². The van der Waals surface area contributed by atoms with E-state index in [-0.39, 0.29) is 18.9 Å². The molecule has 1 aromatic rings. The molecule has 2 N–H and O–H groups in total. The van der Waals surface area contributed by atoms with Crippen molar-refractivity contribution in [2.24, 2.45) is 11.3 Å². The highest BCUT2D eigenvalue weighted by molar-refractivity contribution is 5.81. The fourth-order valence-corrected chi connectivity index (χ4v) is 3.56. The van der Waals surface area contributed by atoms with Crippen molar-refractivity contribution < 1.29 is 24.5 Å². The normalized spacial score (nSPS) is 22.7. The van der Waals surface area contributed by atoms with Gasteiger partial charge in [0.05, 0.1) is 19.1 Å². The molecule has 0 unspecified atom stereocenters. The number of rotatable bonds is 8. The van der Waals surface area contributed by atoms with Gasteiger partial charge in [0.25, 0.3) is 0 Å². The van der Waals surface area contributed by atoms with Crippen LogP contribution >= 0.6 is 0 Å². The highest BCUT2D eigenvalue weighted by Crippen LogP contribution is 2.37. The highest BCUT2D eigenvalue weighted by Gasteiger charge is 2.49. The number of aliphatic hydroxyl groups is 1. The summed E-state index contributed by atoms with van der Waals surface area (Å²) in [6.45, 7) is 7.00. The molecule has 0 saturated carbocycles. The number of hydrogen-bond acceptors (Lipinski definition) is 4. The molecule has 2 atom stereocenters. The van der Waals surface area contributed by atoms with Crippen molar-refractivity contribution in [3.8, 4) is 5.75 Å². The Morgan fingerprint density at radius 2 is 1.96 bits per heavy atom. The van der Waals surface area contributed by atoms with Gasteiger partial charge in [-0.25, -0.2) is 0 Å². The van der Waals surface area contributed by atoms with E-state index in [4.69, 9.17) is 4.74 Å². The van der Waals surface area contributed by atoms with Crippen LogP contribution in [0.5, 0.6) is 5.75 Å². The van der Waals surface area contributed by atoms with E-state index in [1.165, 1.54) is 0 Å². The summed E-state index contributed by atoms with van der Waals surface area (Å²) < 4.78 is 5.41. The van der Waals surface area contributed by atoms with Gasteiger partial charge in [-0.1, -0.05) is 26.0 Å². The van der Waals surface area contributed by atoms with Gasteiger partial charge in [-0.05, 0) is 49.8 Å². The van der Waals surface area contributed by atoms with Crippen molar-refractivity contribution in [2.75, 3.05) is 19.7 Å². The lowest BCUT2D eigenvalue weighted by Gasteiger charge is -2.43. The van der Waals surface area contributed by atoms with Crippen molar-refractivity contribution in [1.82, 2.24) is 4.90 Å². The molecule has 2 rings (SSSR count). The second kappa shape index (κ2) is 9.22. The minimum atomic E-state index is -1.28. The van der Waals surface area contributed by atoms with Crippen LogP contribution in [0.2, 0.25) is 0 Å². The minimum Gasteiger partial charge on any atom is -0.494 e. The molecule has 1 fully saturated rings. The lowest BCUT2D eigenvalue weighted by Crippen LogP contribution is -2.57.